The van der Waals surface area contributed by atoms with Crippen LogP contribution in [0.3, 0.4) is 0 Å². The van der Waals surface area contributed by atoms with Crippen molar-refractivity contribution in [3.8, 4) is 0 Å². The fraction of sp³-hybridized carbons (Fsp3) is 0.818. The fourth-order valence-corrected chi connectivity index (χ4v) is 1.21. The molecule has 0 aliphatic heterocycles. The van der Waals surface area contributed by atoms with Gasteiger partial charge in [0.25, 0.3) is 0 Å². The van der Waals surface area contributed by atoms with E-state index in [1.165, 1.54) is 0 Å². The van der Waals surface area contributed by atoms with Crippen LogP contribution in [0.2, 0.25) is 0 Å². The van der Waals surface area contributed by atoms with Gasteiger partial charge >= 0.3 is 5.97 Å². The second-order valence-electron chi connectivity index (χ2n) is 3.76. The van der Waals surface area contributed by atoms with E-state index < -0.39 is 5.97 Å². The Balaban J connectivity index is 0. The van der Waals surface area contributed by atoms with Crippen LogP contribution >= 0.6 is 0 Å². The van der Waals surface area contributed by atoms with Crippen LogP contribution in [0.1, 0.15) is 47.0 Å². The minimum Gasteiger partial charge on any atom is -0.299 e. The maximum atomic E-state index is 11.5. The van der Waals surface area contributed by atoms with Gasteiger partial charge in [-0.15, -0.1) is 0 Å². The smallest absolute Gasteiger partial charge is 0.299 e. The number of carbonyl (C=O) groups is 2. The molecule has 4 nitrogen and oxygen atoms in total. The van der Waals surface area contributed by atoms with Crippen LogP contribution in [0.4, 0.5) is 0 Å². The molecule has 0 unspecified atom stereocenters. The van der Waals surface area contributed by atoms with Crippen molar-refractivity contribution >= 4 is 29.1 Å². The quantitative estimate of drug-likeness (QED) is 0.296. The fourth-order valence-electron chi connectivity index (χ4n) is 1.21. The highest BCUT2D eigenvalue weighted by atomic mass is 27.0. The molecule has 0 aliphatic carbocycles. The van der Waals surface area contributed by atoms with Gasteiger partial charge in [-0.25, -0.2) is 4.79 Å². The summed E-state index contributed by atoms with van der Waals surface area (Å²) in [5.74, 6) is -0.727. The predicted molar refractivity (Wildman–Crippen MR) is 61.8 cm³/mol. The maximum Gasteiger partial charge on any atom is 0.349 e. The van der Waals surface area contributed by atoms with E-state index in [-0.39, 0.29) is 41.6 Å². The van der Waals surface area contributed by atoms with Crippen molar-refractivity contribution in [1.29, 1.82) is 0 Å². The molecule has 0 N–H and O–H groups in total. The standard InChI is InChI=1S/C11H20O4.Al/c1-5-9(6-2)10(12)7-11(13)15-14-8(3)4;/h8-9H,5-7H2,1-4H3;. The zero-order valence-corrected chi connectivity index (χ0v) is 11.6. The number of hydrogen-bond acceptors (Lipinski definition) is 4. The van der Waals surface area contributed by atoms with E-state index in [9.17, 15) is 9.59 Å². The molecule has 0 aromatic rings. The first kappa shape index (κ1) is 18.0. The molecule has 0 aromatic heterocycles. The van der Waals surface area contributed by atoms with Gasteiger partial charge in [-0.3, -0.25) is 9.68 Å². The van der Waals surface area contributed by atoms with Crippen LogP contribution < -0.4 is 0 Å². The molecule has 3 radical (unpaired) electrons. The minimum absolute atomic E-state index is 0. The van der Waals surface area contributed by atoms with Crippen LogP contribution in [0.15, 0.2) is 0 Å². The summed E-state index contributed by atoms with van der Waals surface area (Å²) in [5, 5.41) is 0. The molecule has 0 amide bonds. The van der Waals surface area contributed by atoms with Crippen LogP contribution in [-0.4, -0.2) is 35.2 Å². The molecule has 0 saturated carbocycles. The highest BCUT2D eigenvalue weighted by Gasteiger charge is 2.19. The summed E-state index contributed by atoms with van der Waals surface area (Å²) in [5.41, 5.74) is 0. The predicted octanol–water partition coefficient (Wildman–Crippen LogP) is 1.88. The van der Waals surface area contributed by atoms with Gasteiger partial charge in [-0.05, 0) is 26.7 Å². The minimum atomic E-state index is -0.611. The van der Waals surface area contributed by atoms with Gasteiger partial charge in [-0.2, -0.15) is 4.89 Å². The Kier molecular flexibility index (Phi) is 11.1. The zero-order valence-electron chi connectivity index (χ0n) is 10.5. The molecule has 0 spiro atoms. The number of carbonyl (C=O) groups excluding carboxylic acids is 2. The largest absolute Gasteiger partial charge is 0.349 e. The average Bonchev–Trinajstić information content (AvgIpc) is 2.16. The Morgan fingerprint density at radius 2 is 1.62 bits per heavy atom. The molecule has 0 fully saturated rings. The summed E-state index contributed by atoms with van der Waals surface area (Å²) in [6, 6.07) is 0. The van der Waals surface area contributed by atoms with Gasteiger partial charge in [0.1, 0.15) is 12.2 Å². The lowest BCUT2D eigenvalue weighted by Gasteiger charge is -2.10. The highest BCUT2D eigenvalue weighted by molar-refractivity contribution is 5.96. The van der Waals surface area contributed by atoms with Gasteiger partial charge in [0, 0.05) is 23.3 Å². The maximum absolute atomic E-state index is 11.5. The summed E-state index contributed by atoms with van der Waals surface area (Å²) < 4.78 is 0. The van der Waals surface area contributed by atoms with E-state index in [1.807, 2.05) is 13.8 Å². The topological polar surface area (TPSA) is 52.6 Å². The molecule has 16 heavy (non-hydrogen) atoms. The third-order valence-electron chi connectivity index (χ3n) is 2.09. The summed E-state index contributed by atoms with van der Waals surface area (Å²) >= 11 is 0. The van der Waals surface area contributed by atoms with Crippen LogP contribution in [0.25, 0.3) is 0 Å². The van der Waals surface area contributed by atoms with E-state index in [0.29, 0.717) is 0 Å². The van der Waals surface area contributed by atoms with Crippen molar-refractivity contribution in [3.63, 3.8) is 0 Å². The summed E-state index contributed by atoms with van der Waals surface area (Å²) in [4.78, 5) is 31.7. The number of rotatable bonds is 7. The summed E-state index contributed by atoms with van der Waals surface area (Å²) in [6.07, 6.45) is 1.14. The Morgan fingerprint density at radius 1 is 1.12 bits per heavy atom. The second kappa shape index (κ2) is 9.83. The zero-order chi connectivity index (χ0) is 11.8. The third-order valence-corrected chi connectivity index (χ3v) is 2.09. The van der Waals surface area contributed by atoms with E-state index in [1.54, 1.807) is 13.8 Å². The van der Waals surface area contributed by atoms with Crippen molar-refractivity contribution in [2.45, 2.75) is 53.1 Å². The SMILES string of the molecule is CCC(CC)C(=O)CC(=O)OOC(C)C.[Al]. The number of Topliss-reactive ketones (excluding diaryl/α,β-unsaturated/α-hetero) is 1. The van der Waals surface area contributed by atoms with Gasteiger partial charge in [0.15, 0.2) is 0 Å². The number of hydrogen-bond donors (Lipinski definition) is 0. The van der Waals surface area contributed by atoms with Crippen molar-refractivity contribution < 1.29 is 19.4 Å². The Morgan fingerprint density at radius 3 is 2.00 bits per heavy atom. The van der Waals surface area contributed by atoms with E-state index in [0.717, 1.165) is 12.8 Å². The molecule has 0 atom stereocenters. The van der Waals surface area contributed by atoms with Crippen molar-refractivity contribution in [2.24, 2.45) is 5.92 Å². The van der Waals surface area contributed by atoms with Crippen molar-refractivity contribution in [2.75, 3.05) is 0 Å². The monoisotopic (exact) mass is 243 g/mol. The van der Waals surface area contributed by atoms with Gasteiger partial charge in [-0.1, -0.05) is 13.8 Å². The molecule has 0 saturated heterocycles. The molecular formula is C11H20AlO4. The molecule has 91 valence electrons. The normalized spacial score (nSPS) is 10.1. The molecule has 0 aromatic carbocycles. The molecule has 0 rings (SSSR count). The molecule has 0 heterocycles. The van der Waals surface area contributed by atoms with Gasteiger partial charge < -0.3 is 0 Å². The molecular weight excluding hydrogens is 223 g/mol. The van der Waals surface area contributed by atoms with Crippen molar-refractivity contribution in [1.82, 2.24) is 0 Å². The molecule has 5 heteroatoms. The second-order valence-corrected chi connectivity index (χ2v) is 3.76. The third kappa shape index (κ3) is 7.86. The van der Waals surface area contributed by atoms with Crippen LogP contribution in [0, 0.1) is 5.92 Å². The summed E-state index contributed by atoms with van der Waals surface area (Å²) in [6.45, 7) is 7.36. The first-order chi connectivity index (χ1) is 7.01. The van der Waals surface area contributed by atoms with Gasteiger partial charge in [0.05, 0.1) is 6.10 Å². The van der Waals surface area contributed by atoms with Crippen LogP contribution in [-0.2, 0) is 19.4 Å². The van der Waals surface area contributed by atoms with Crippen molar-refractivity contribution in [3.05, 3.63) is 0 Å². The lowest BCUT2D eigenvalue weighted by atomic mass is 9.96. The average molecular weight is 243 g/mol. The number of ketones is 1. The van der Waals surface area contributed by atoms with E-state index in [2.05, 4.69) is 9.78 Å². The Hall–Kier alpha value is -0.368. The van der Waals surface area contributed by atoms with Gasteiger partial charge in [0.2, 0.25) is 0 Å². The summed E-state index contributed by atoms with van der Waals surface area (Å²) in [7, 11) is 0. The first-order valence-corrected chi connectivity index (χ1v) is 5.40. The Bertz CT molecular complexity index is 212. The molecule has 0 aliphatic rings. The van der Waals surface area contributed by atoms with E-state index in [4.69, 9.17) is 0 Å². The molecule has 0 bridgehead atoms. The lowest BCUT2D eigenvalue weighted by Crippen LogP contribution is -2.19. The first-order valence-electron chi connectivity index (χ1n) is 5.40. The van der Waals surface area contributed by atoms with E-state index >= 15 is 0 Å². The van der Waals surface area contributed by atoms with Crippen LogP contribution in [0.5, 0.6) is 0 Å². The highest BCUT2D eigenvalue weighted by Crippen LogP contribution is 2.11. The Labute approximate surface area is 108 Å². The lowest BCUT2D eigenvalue weighted by molar-refractivity contribution is -0.290.